The number of benzene rings is 7. The van der Waals surface area contributed by atoms with Crippen LogP contribution in [0, 0.1) is 6.92 Å². The Balaban J connectivity index is 1.38. The summed E-state index contributed by atoms with van der Waals surface area (Å²) in [5.41, 5.74) is 17.4. The predicted molar refractivity (Wildman–Crippen MR) is 265 cm³/mol. The summed E-state index contributed by atoms with van der Waals surface area (Å²) in [4.78, 5) is 7.54. The van der Waals surface area contributed by atoms with Crippen LogP contribution in [0.25, 0.3) is 0 Å². The molecule has 0 fully saturated rings. The molecule has 7 aromatic rings. The number of hydrogen-bond acceptors (Lipinski definition) is 3. The number of rotatable bonds is 7. The minimum atomic E-state index is -1.68. The molecule has 9 rings (SSSR count). The molecule has 0 spiro atoms. The average Bonchev–Trinajstić information content (AvgIpc) is 3.21. The first kappa shape index (κ1) is 38.9. The molecule has 7 aromatic carbocycles. The van der Waals surface area contributed by atoms with Gasteiger partial charge in [0.25, 0.3) is 6.71 Å². The lowest BCUT2D eigenvalue weighted by atomic mass is 9.33. The van der Waals surface area contributed by atoms with Crippen LogP contribution in [-0.2, 0) is 5.41 Å². The highest BCUT2D eigenvalue weighted by Crippen LogP contribution is 2.47. The molecule has 3 nitrogen and oxygen atoms in total. The Bertz CT molecular complexity index is 2630. The van der Waals surface area contributed by atoms with E-state index in [4.69, 9.17) is 0 Å². The smallest absolute Gasteiger partial charge is 0.252 e. The maximum Gasteiger partial charge on any atom is 0.252 e. The summed E-state index contributed by atoms with van der Waals surface area (Å²) in [5.74, 6) is 0. The van der Waals surface area contributed by atoms with Crippen molar-refractivity contribution < 1.29 is 0 Å². The quantitative estimate of drug-likeness (QED) is 0.149. The van der Waals surface area contributed by atoms with Crippen molar-refractivity contribution in [1.82, 2.24) is 0 Å². The molecule has 0 bridgehead atoms. The maximum atomic E-state index is 2.58. The first-order chi connectivity index (χ1) is 28.1. The van der Waals surface area contributed by atoms with Crippen LogP contribution in [0.15, 0.2) is 158 Å². The molecular formula is C53H56BN3Si2. The van der Waals surface area contributed by atoms with Gasteiger partial charge in [-0.15, -0.1) is 0 Å². The minimum absolute atomic E-state index is 0.0467. The van der Waals surface area contributed by atoms with Gasteiger partial charge in [0.15, 0.2) is 0 Å². The van der Waals surface area contributed by atoms with Crippen LogP contribution in [0.4, 0.5) is 51.2 Å². The van der Waals surface area contributed by atoms with Gasteiger partial charge in [0.1, 0.15) is 0 Å². The van der Waals surface area contributed by atoms with Gasteiger partial charge in [-0.2, -0.15) is 0 Å². The molecule has 59 heavy (non-hydrogen) atoms. The van der Waals surface area contributed by atoms with E-state index in [1.54, 1.807) is 0 Å². The Morgan fingerprint density at radius 1 is 0.458 bits per heavy atom. The van der Waals surface area contributed by atoms with Gasteiger partial charge in [0, 0.05) is 51.2 Å². The second kappa shape index (κ2) is 14.3. The van der Waals surface area contributed by atoms with E-state index < -0.39 is 16.1 Å². The van der Waals surface area contributed by atoms with E-state index in [0.717, 1.165) is 17.1 Å². The van der Waals surface area contributed by atoms with Crippen LogP contribution in [0.5, 0.6) is 0 Å². The van der Waals surface area contributed by atoms with Crippen LogP contribution in [-0.4, -0.2) is 22.9 Å². The minimum Gasteiger partial charge on any atom is -0.311 e. The second-order valence-corrected chi connectivity index (χ2v) is 29.8. The fourth-order valence-corrected chi connectivity index (χ4v) is 11.3. The lowest BCUT2D eigenvalue weighted by Gasteiger charge is -2.45. The average molecular weight is 802 g/mol. The summed E-state index contributed by atoms with van der Waals surface area (Å²) in [6.45, 7) is 24.0. The molecular weight excluding hydrogens is 746 g/mol. The van der Waals surface area contributed by atoms with E-state index >= 15 is 0 Å². The summed E-state index contributed by atoms with van der Waals surface area (Å²) < 4.78 is 0. The summed E-state index contributed by atoms with van der Waals surface area (Å²) in [7, 11) is -3.18. The highest BCUT2D eigenvalue weighted by atomic mass is 28.3. The van der Waals surface area contributed by atoms with Gasteiger partial charge in [-0.25, -0.2) is 0 Å². The summed E-state index contributed by atoms with van der Waals surface area (Å²) >= 11 is 0. The Hall–Kier alpha value is -5.56. The molecule has 0 atom stereocenters. The van der Waals surface area contributed by atoms with Gasteiger partial charge in [-0.3, -0.25) is 0 Å². The molecule has 6 heteroatoms. The molecule has 0 N–H and O–H groups in total. The Morgan fingerprint density at radius 2 is 0.966 bits per heavy atom. The molecule has 2 aliphatic rings. The summed E-state index contributed by atoms with van der Waals surface area (Å²) in [6, 6.07) is 59.9. The Morgan fingerprint density at radius 3 is 1.49 bits per heavy atom. The van der Waals surface area contributed by atoms with Crippen molar-refractivity contribution in [3.8, 4) is 0 Å². The van der Waals surface area contributed by atoms with Gasteiger partial charge in [0.2, 0.25) is 0 Å². The van der Waals surface area contributed by atoms with Gasteiger partial charge in [-0.1, -0.05) is 155 Å². The first-order valence-corrected chi connectivity index (χ1v) is 28.2. The zero-order valence-corrected chi connectivity index (χ0v) is 38.4. The normalized spacial score (nSPS) is 13.5. The summed E-state index contributed by atoms with van der Waals surface area (Å²) in [5, 5.41) is 2.96. The SMILES string of the molecule is Cc1ccc(N2c3cc(N(c4ccccc4)c4ccccc4)ccc3B3c4cc([Si](C)(C)C)ccc4N(c4ccc([Si](C)(C)C)cc4)c4cc(C(C)(C)C)cc2c43)cc1. The topological polar surface area (TPSA) is 9.72 Å². The van der Waals surface area contributed by atoms with E-state index in [-0.39, 0.29) is 12.1 Å². The van der Waals surface area contributed by atoms with Gasteiger partial charge >= 0.3 is 0 Å². The van der Waals surface area contributed by atoms with Crippen LogP contribution in [0.3, 0.4) is 0 Å². The van der Waals surface area contributed by atoms with Gasteiger partial charge in [-0.05, 0) is 113 Å². The molecule has 0 amide bonds. The highest BCUT2D eigenvalue weighted by Gasteiger charge is 2.45. The van der Waals surface area contributed by atoms with Gasteiger partial charge in [0.05, 0.1) is 16.1 Å². The lowest BCUT2D eigenvalue weighted by molar-refractivity contribution is 0.590. The molecule has 0 aromatic heterocycles. The molecule has 0 saturated heterocycles. The van der Waals surface area contributed by atoms with Crippen molar-refractivity contribution in [1.29, 1.82) is 0 Å². The Kier molecular flexibility index (Phi) is 9.45. The van der Waals surface area contributed by atoms with Crippen molar-refractivity contribution in [3.05, 3.63) is 169 Å². The standard InChI is InChI=1S/C53H56BN3Si2/c1-37-21-23-41(24-22-37)57-49-35-43(55(39-17-13-11-14-18-39)40-19-15-12-16-20-40)27-31-46(49)54-47-36-45(59(8,9)10)30-32-48(47)56(42-25-28-44(29-26-42)58(5,6)7)50-33-38(53(2,3)4)34-51(57)52(50)54/h11-36H,1-10H3. The molecule has 0 saturated carbocycles. The Labute approximate surface area is 355 Å². The van der Waals surface area contributed by atoms with Crippen LogP contribution in [0.1, 0.15) is 31.9 Å². The molecule has 2 heterocycles. The van der Waals surface area contributed by atoms with Crippen molar-refractivity contribution in [2.24, 2.45) is 0 Å². The molecule has 0 radical (unpaired) electrons. The maximum absolute atomic E-state index is 2.58. The number of fused-ring (bicyclic) bond motifs is 4. The van der Waals surface area contributed by atoms with E-state index in [1.807, 2.05) is 0 Å². The largest absolute Gasteiger partial charge is 0.311 e. The van der Waals surface area contributed by atoms with E-state index in [2.05, 4.69) is 239 Å². The highest BCUT2D eigenvalue weighted by molar-refractivity contribution is 7.01. The van der Waals surface area contributed by atoms with E-state index in [1.165, 1.54) is 72.0 Å². The second-order valence-electron chi connectivity index (χ2n) is 19.7. The molecule has 0 unspecified atom stereocenters. The predicted octanol–water partition coefficient (Wildman–Crippen LogP) is 11.9. The van der Waals surface area contributed by atoms with Crippen LogP contribution >= 0.6 is 0 Å². The molecule has 2 aliphatic heterocycles. The fraction of sp³-hybridized carbons (Fsp3) is 0.208. The van der Waals surface area contributed by atoms with E-state index in [9.17, 15) is 0 Å². The molecule has 294 valence electrons. The fourth-order valence-electron chi connectivity index (χ4n) is 8.99. The van der Waals surface area contributed by atoms with Crippen molar-refractivity contribution in [2.45, 2.75) is 72.4 Å². The van der Waals surface area contributed by atoms with Crippen molar-refractivity contribution in [2.75, 3.05) is 14.7 Å². The third kappa shape index (κ3) is 6.96. The number of anilines is 9. The van der Waals surface area contributed by atoms with E-state index in [0.29, 0.717) is 0 Å². The zero-order chi connectivity index (χ0) is 41.4. The third-order valence-corrected chi connectivity index (χ3v) is 16.5. The number of aryl methyl sites for hydroxylation is 1. The molecule has 0 aliphatic carbocycles. The number of para-hydroxylation sites is 2. The number of nitrogens with zero attached hydrogens (tertiary/aromatic N) is 3. The third-order valence-electron chi connectivity index (χ3n) is 12.4. The van der Waals surface area contributed by atoms with Gasteiger partial charge < -0.3 is 14.7 Å². The van der Waals surface area contributed by atoms with Crippen molar-refractivity contribution >= 4 is 101 Å². The zero-order valence-electron chi connectivity index (χ0n) is 36.4. The first-order valence-electron chi connectivity index (χ1n) is 21.2. The summed E-state index contributed by atoms with van der Waals surface area (Å²) in [6.07, 6.45) is 0. The number of hydrogen-bond donors (Lipinski definition) is 0. The van der Waals surface area contributed by atoms with Crippen molar-refractivity contribution in [3.63, 3.8) is 0 Å². The van der Waals surface area contributed by atoms with Crippen LogP contribution < -0.4 is 41.5 Å². The van der Waals surface area contributed by atoms with Crippen LogP contribution in [0.2, 0.25) is 39.3 Å². The lowest BCUT2D eigenvalue weighted by Crippen LogP contribution is -2.62. The monoisotopic (exact) mass is 801 g/mol.